The van der Waals surface area contributed by atoms with Gasteiger partial charge in [0.15, 0.2) is 0 Å². The first-order chi connectivity index (χ1) is 15.7. The molecule has 5 nitrogen and oxygen atoms in total. The van der Waals surface area contributed by atoms with Crippen LogP contribution in [0, 0.1) is 5.82 Å². The highest BCUT2D eigenvalue weighted by Crippen LogP contribution is 2.38. The minimum Gasteiger partial charge on any atom is -0.488 e. The molecule has 7 heteroatoms. The van der Waals surface area contributed by atoms with E-state index in [0.717, 1.165) is 58.4 Å². The van der Waals surface area contributed by atoms with Gasteiger partial charge in [0.05, 0.1) is 17.1 Å². The number of aromatic nitrogens is 2. The molecule has 0 bridgehead atoms. The van der Waals surface area contributed by atoms with Gasteiger partial charge in [-0.3, -0.25) is 4.57 Å². The molecule has 0 spiro atoms. The lowest BCUT2D eigenvalue weighted by Crippen LogP contribution is -2.23. The maximum Gasteiger partial charge on any atom is 0.326 e. The molecule has 4 aromatic rings. The third-order valence-electron chi connectivity index (χ3n) is 6.38. The van der Waals surface area contributed by atoms with Crippen molar-refractivity contribution in [3.8, 4) is 5.75 Å². The van der Waals surface area contributed by atoms with E-state index in [1.54, 1.807) is 6.07 Å². The molecule has 1 aromatic heterocycles. The Morgan fingerprint density at radius 2 is 1.94 bits per heavy atom. The van der Waals surface area contributed by atoms with Gasteiger partial charge in [-0.25, -0.2) is 9.18 Å². The number of H-pyrrole nitrogens is 1. The lowest BCUT2D eigenvalue weighted by Gasteiger charge is -2.12. The van der Waals surface area contributed by atoms with E-state index < -0.39 is 0 Å². The third-order valence-corrected chi connectivity index (χ3v) is 6.38. The summed E-state index contributed by atoms with van der Waals surface area (Å²) in [5.41, 5.74) is 6.52. The molecule has 0 amide bonds. The van der Waals surface area contributed by atoms with E-state index in [0.29, 0.717) is 12.4 Å². The molecule has 0 aliphatic carbocycles. The molecule has 33 heavy (non-hydrogen) atoms. The minimum absolute atomic E-state index is 0. The number of benzene rings is 3. The monoisotopic (exact) mass is 463 g/mol. The fraction of sp³-hybridized carbons (Fsp3) is 0.192. The van der Waals surface area contributed by atoms with Crippen molar-refractivity contribution >= 4 is 35.1 Å². The Kier molecular flexibility index (Phi) is 5.56. The highest BCUT2D eigenvalue weighted by Gasteiger charge is 2.22. The standard InChI is InChI=1S/C26H22FN3O2.ClH/c27-18-6-7-21-22(20-4-2-1-3-17(20)15-32-25(21)13-18)11-16-5-8-24-23(12-16)29-26(31)30(24)19-9-10-28-14-19;/h1-8,11-13,19,28H,9-10,14-15H2,(H,29,31);1H/b22-11+;/t19-;/m0./s1. The quantitative estimate of drug-likeness (QED) is 0.444. The molecule has 3 heterocycles. The molecular formula is C26H23ClFN3O2. The van der Waals surface area contributed by atoms with E-state index in [2.05, 4.69) is 22.4 Å². The summed E-state index contributed by atoms with van der Waals surface area (Å²) in [6.07, 6.45) is 3.03. The largest absolute Gasteiger partial charge is 0.488 e. The van der Waals surface area contributed by atoms with Crippen LogP contribution >= 0.6 is 12.4 Å². The maximum absolute atomic E-state index is 13.9. The number of fused-ring (bicyclic) bond motifs is 3. The van der Waals surface area contributed by atoms with E-state index in [-0.39, 0.29) is 30.0 Å². The van der Waals surface area contributed by atoms with E-state index in [4.69, 9.17) is 4.74 Å². The Balaban J connectivity index is 0.00000228. The zero-order valence-electron chi connectivity index (χ0n) is 17.8. The van der Waals surface area contributed by atoms with Gasteiger partial charge in [-0.1, -0.05) is 30.3 Å². The first kappa shape index (κ1) is 21.5. The second-order valence-corrected chi connectivity index (χ2v) is 8.37. The topological polar surface area (TPSA) is 59.1 Å². The van der Waals surface area contributed by atoms with Crippen LogP contribution in [0.25, 0.3) is 22.7 Å². The number of hydrogen-bond donors (Lipinski definition) is 2. The summed E-state index contributed by atoms with van der Waals surface area (Å²) in [7, 11) is 0. The van der Waals surface area contributed by atoms with Gasteiger partial charge >= 0.3 is 5.69 Å². The van der Waals surface area contributed by atoms with Crippen LogP contribution in [0.4, 0.5) is 4.39 Å². The SMILES string of the molecule is Cl.O=c1[nH]c2cc(/C=C3\c4ccccc4COc4cc(F)ccc43)ccc2n1[C@H]1CCNC1. The first-order valence-corrected chi connectivity index (χ1v) is 10.8. The normalized spacial score (nSPS) is 18.3. The van der Waals surface area contributed by atoms with Crippen LogP contribution in [-0.2, 0) is 6.61 Å². The van der Waals surface area contributed by atoms with Crippen molar-refractivity contribution in [2.75, 3.05) is 13.1 Å². The van der Waals surface area contributed by atoms with E-state index >= 15 is 0 Å². The van der Waals surface area contributed by atoms with Gasteiger partial charge in [0.1, 0.15) is 18.2 Å². The summed E-state index contributed by atoms with van der Waals surface area (Å²) in [5, 5.41) is 3.33. The summed E-state index contributed by atoms with van der Waals surface area (Å²) in [6.45, 7) is 2.12. The molecular weight excluding hydrogens is 441 g/mol. The average Bonchev–Trinajstić information content (AvgIpc) is 3.39. The van der Waals surface area contributed by atoms with Crippen molar-refractivity contribution in [1.29, 1.82) is 0 Å². The number of aromatic amines is 1. The van der Waals surface area contributed by atoms with Gasteiger partial charge in [-0.05, 0) is 65.6 Å². The van der Waals surface area contributed by atoms with E-state index in [1.807, 2.05) is 41.0 Å². The predicted molar refractivity (Wildman–Crippen MR) is 130 cm³/mol. The Bertz CT molecular complexity index is 1430. The number of rotatable bonds is 2. The Morgan fingerprint density at radius 1 is 1.06 bits per heavy atom. The summed E-state index contributed by atoms with van der Waals surface area (Å²) < 4.78 is 21.7. The van der Waals surface area contributed by atoms with Crippen LogP contribution in [0.1, 0.15) is 34.7 Å². The zero-order chi connectivity index (χ0) is 21.7. The Morgan fingerprint density at radius 3 is 2.79 bits per heavy atom. The van der Waals surface area contributed by atoms with Crippen LogP contribution in [0.3, 0.4) is 0 Å². The zero-order valence-corrected chi connectivity index (χ0v) is 18.6. The molecule has 0 unspecified atom stereocenters. The number of ether oxygens (including phenoxy) is 1. The summed E-state index contributed by atoms with van der Waals surface area (Å²) in [6, 6.07) is 18.9. The van der Waals surface area contributed by atoms with Crippen molar-refractivity contribution in [2.45, 2.75) is 19.1 Å². The Labute approximate surface area is 196 Å². The fourth-order valence-electron chi connectivity index (χ4n) is 4.83. The molecule has 3 aromatic carbocycles. The number of halogens is 2. The number of nitrogens with zero attached hydrogens (tertiary/aromatic N) is 1. The van der Waals surface area contributed by atoms with Crippen molar-refractivity contribution in [3.05, 3.63) is 99.2 Å². The van der Waals surface area contributed by atoms with Crippen molar-refractivity contribution < 1.29 is 9.13 Å². The van der Waals surface area contributed by atoms with Gasteiger partial charge in [0.2, 0.25) is 0 Å². The van der Waals surface area contributed by atoms with Crippen molar-refractivity contribution in [2.24, 2.45) is 0 Å². The molecule has 2 aliphatic heterocycles. The number of hydrogen-bond acceptors (Lipinski definition) is 3. The molecule has 0 radical (unpaired) electrons. The van der Waals surface area contributed by atoms with Crippen LogP contribution in [0.5, 0.6) is 5.75 Å². The van der Waals surface area contributed by atoms with Gasteiger partial charge in [0, 0.05) is 18.2 Å². The predicted octanol–water partition coefficient (Wildman–Crippen LogP) is 4.91. The lowest BCUT2D eigenvalue weighted by molar-refractivity contribution is 0.305. The molecule has 0 saturated carbocycles. The minimum atomic E-state index is -0.323. The van der Waals surface area contributed by atoms with Crippen molar-refractivity contribution in [3.63, 3.8) is 0 Å². The summed E-state index contributed by atoms with van der Waals surface area (Å²) in [4.78, 5) is 15.7. The van der Waals surface area contributed by atoms with E-state index in [1.165, 1.54) is 12.1 Å². The van der Waals surface area contributed by atoms with E-state index in [9.17, 15) is 9.18 Å². The second-order valence-electron chi connectivity index (χ2n) is 8.37. The third kappa shape index (κ3) is 3.75. The fourth-order valence-corrected chi connectivity index (χ4v) is 4.83. The van der Waals surface area contributed by atoms with Gasteiger partial charge in [-0.2, -0.15) is 0 Å². The smallest absolute Gasteiger partial charge is 0.326 e. The maximum atomic E-state index is 13.9. The summed E-state index contributed by atoms with van der Waals surface area (Å²) in [5.74, 6) is 0.206. The van der Waals surface area contributed by atoms with Gasteiger partial charge < -0.3 is 15.0 Å². The number of imidazole rings is 1. The molecule has 1 atom stereocenters. The molecule has 1 fully saturated rings. The second kappa shape index (κ2) is 8.54. The Hall–Kier alpha value is -3.35. The van der Waals surface area contributed by atoms with Gasteiger partial charge in [-0.15, -0.1) is 12.4 Å². The molecule has 2 N–H and O–H groups in total. The van der Waals surface area contributed by atoms with Gasteiger partial charge in [0.25, 0.3) is 0 Å². The highest BCUT2D eigenvalue weighted by atomic mass is 35.5. The van der Waals surface area contributed by atoms with Crippen LogP contribution < -0.4 is 15.7 Å². The highest BCUT2D eigenvalue weighted by molar-refractivity contribution is 5.95. The van der Waals surface area contributed by atoms with Crippen LogP contribution in [0.2, 0.25) is 0 Å². The molecule has 1 saturated heterocycles. The average molecular weight is 464 g/mol. The molecule has 6 rings (SSSR count). The van der Waals surface area contributed by atoms with Crippen LogP contribution in [-0.4, -0.2) is 22.6 Å². The molecule has 2 aliphatic rings. The summed E-state index contributed by atoms with van der Waals surface area (Å²) >= 11 is 0. The first-order valence-electron chi connectivity index (χ1n) is 10.8. The number of nitrogens with one attached hydrogen (secondary N) is 2. The van der Waals surface area contributed by atoms with Crippen molar-refractivity contribution in [1.82, 2.24) is 14.9 Å². The lowest BCUT2D eigenvalue weighted by atomic mass is 9.92. The van der Waals surface area contributed by atoms with Crippen LogP contribution in [0.15, 0.2) is 65.5 Å². The molecule has 168 valence electrons.